The number of rotatable bonds is 8. The van der Waals surface area contributed by atoms with Crippen molar-refractivity contribution in [2.45, 2.75) is 19.5 Å². The number of carbonyl (C=O) groups excluding carboxylic acids is 2. The van der Waals surface area contributed by atoms with Crippen LogP contribution < -0.4 is 15.5 Å². The van der Waals surface area contributed by atoms with E-state index in [9.17, 15) is 9.59 Å². The zero-order valence-corrected chi connectivity index (χ0v) is 15.9. The minimum Gasteiger partial charge on any atom is -0.352 e. The van der Waals surface area contributed by atoms with Crippen LogP contribution in [0, 0.1) is 0 Å². The first-order valence-electron chi connectivity index (χ1n) is 8.62. The maximum absolute atomic E-state index is 12.0. The summed E-state index contributed by atoms with van der Waals surface area (Å²) >= 11 is 5.80. The third-order valence-corrected chi connectivity index (χ3v) is 4.13. The third-order valence-electron chi connectivity index (χ3n) is 3.88. The molecule has 0 aliphatic carbocycles. The Balaban J connectivity index is 1.76. The van der Waals surface area contributed by atoms with Crippen molar-refractivity contribution in [1.82, 2.24) is 10.6 Å². The van der Waals surface area contributed by atoms with Gasteiger partial charge in [-0.15, -0.1) is 0 Å². The molecule has 0 heterocycles. The smallest absolute Gasteiger partial charge is 0.251 e. The van der Waals surface area contributed by atoms with Crippen LogP contribution in [0.2, 0.25) is 5.02 Å². The fraction of sp³-hybridized carbons (Fsp3) is 0.300. The van der Waals surface area contributed by atoms with Gasteiger partial charge in [-0.1, -0.05) is 35.9 Å². The zero-order valence-electron chi connectivity index (χ0n) is 15.1. The van der Waals surface area contributed by atoms with E-state index in [1.807, 2.05) is 18.2 Å². The Morgan fingerprint density at radius 3 is 2.27 bits per heavy atom. The number of benzene rings is 2. The van der Waals surface area contributed by atoms with Gasteiger partial charge in [0, 0.05) is 35.7 Å². The van der Waals surface area contributed by atoms with Crippen molar-refractivity contribution in [3.63, 3.8) is 0 Å². The largest absolute Gasteiger partial charge is 0.352 e. The second kappa shape index (κ2) is 9.94. The van der Waals surface area contributed by atoms with E-state index in [-0.39, 0.29) is 24.8 Å². The van der Waals surface area contributed by atoms with Gasteiger partial charge in [0.1, 0.15) is 6.54 Å². The number of hydrogen-bond acceptors (Lipinski definition) is 2. The number of halogens is 1. The monoisotopic (exact) mass is 374 g/mol. The highest BCUT2D eigenvalue weighted by atomic mass is 35.5. The summed E-state index contributed by atoms with van der Waals surface area (Å²) in [7, 11) is 4.19. The van der Waals surface area contributed by atoms with Crippen LogP contribution >= 0.6 is 11.6 Å². The highest BCUT2D eigenvalue weighted by molar-refractivity contribution is 6.30. The first-order chi connectivity index (χ1) is 12.5. The molecular formula is C20H25ClN3O2+. The summed E-state index contributed by atoms with van der Waals surface area (Å²) in [4.78, 5) is 25.3. The Labute approximate surface area is 159 Å². The summed E-state index contributed by atoms with van der Waals surface area (Å²) in [6.07, 6.45) is 0.237. The van der Waals surface area contributed by atoms with Crippen molar-refractivity contribution in [3.8, 4) is 0 Å². The highest BCUT2D eigenvalue weighted by Crippen LogP contribution is 2.09. The normalized spacial score (nSPS) is 10.6. The molecule has 0 fully saturated rings. The fourth-order valence-electron chi connectivity index (χ4n) is 2.56. The molecule has 0 aliphatic rings. The van der Waals surface area contributed by atoms with Gasteiger partial charge in [-0.25, -0.2) is 0 Å². The first-order valence-corrected chi connectivity index (χ1v) is 9.00. The molecule has 2 aromatic carbocycles. The Kier molecular flexibility index (Phi) is 7.63. The van der Waals surface area contributed by atoms with Gasteiger partial charge in [-0.3, -0.25) is 9.59 Å². The number of quaternary nitrogens is 1. The SMILES string of the molecule is C[NH+](C)Cc1ccccc1CNC(=O)CCNC(=O)c1ccc(Cl)cc1. The van der Waals surface area contributed by atoms with Crippen molar-refractivity contribution < 1.29 is 14.5 Å². The number of amides is 2. The molecule has 2 rings (SSSR count). The second-order valence-electron chi connectivity index (χ2n) is 6.44. The van der Waals surface area contributed by atoms with Gasteiger partial charge in [-0.2, -0.15) is 0 Å². The molecule has 2 aromatic rings. The van der Waals surface area contributed by atoms with Gasteiger partial charge in [0.2, 0.25) is 5.91 Å². The number of carbonyl (C=O) groups is 2. The molecule has 2 amide bonds. The van der Waals surface area contributed by atoms with Crippen LogP contribution in [0.25, 0.3) is 0 Å². The Hall–Kier alpha value is -2.37. The third kappa shape index (κ3) is 6.50. The van der Waals surface area contributed by atoms with E-state index in [0.717, 1.165) is 12.1 Å². The van der Waals surface area contributed by atoms with Crippen molar-refractivity contribution in [1.29, 1.82) is 0 Å². The van der Waals surface area contributed by atoms with Gasteiger partial charge in [-0.05, 0) is 29.8 Å². The lowest BCUT2D eigenvalue weighted by atomic mass is 10.1. The molecule has 0 aliphatic heterocycles. The van der Waals surface area contributed by atoms with Crippen molar-refractivity contribution in [2.24, 2.45) is 0 Å². The summed E-state index contributed by atoms with van der Waals surface area (Å²) in [5.41, 5.74) is 2.87. The maximum Gasteiger partial charge on any atom is 0.251 e. The predicted molar refractivity (Wildman–Crippen MR) is 103 cm³/mol. The van der Waals surface area contributed by atoms with E-state index in [1.165, 1.54) is 10.5 Å². The van der Waals surface area contributed by atoms with Gasteiger partial charge >= 0.3 is 0 Å². The van der Waals surface area contributed by atoms with Crippen molar-refractivity contribution in [2.75, 3.05) is 20.6 Å². The average molecular weight is 375 g/mol. The lowest BCUT2D eigenvalue weighted by Gasteiger charge is -2.13. The first kappa shape index (κ1) is 19.9. The van der Waals surface area contributed by atoms with Gasteiger partial charge in [0.25, 0.3) is 5.91 Å². The summed E-state index contributed by atoms with van der Waals surface area (Å²) < 4.78 is 0. The molecule has 0 unspecified atom stereocenters. The second-order valence-corrected chi connectivity index (χ2v) is 6.88. The van der Waals surface area contributed by atoms with Crippen LogP contribution in [0.5, 0.6) is 0 Å². The van der Waals surface area contributed by atoms with Crippen LogP contribution in [0.15, 0.2) is 48.5 Å². The zero-order chi connectivity index (χ0) is 18.9. The molecule has 0 saturated carbocycles. The molecule has 0 aromatic heterocycles. The van der Waals surface area contributed by atoms with E-state index in [4.69, 9.17) is 11.6 Å². The van der Waals surface area contributed by atoms with E-state index in [0.29, 0.717) is 17.1 Å². The molecule has 0 spiro atoms. The van der Waals surface area contributed by atoms with Crippen molar-refractivity contribution in [3.05, 3.63) is 70.2 Å². The van der Waals surface area contributed by atoms with Crippen LogP contribution in [-0.4, -0.2) is 32.5 Å². The topological polar surface area (TPSA) is 62.6 Å². The van der Waals surface area contributed by atoms with Gasteiger partial charge in [0.15, 0.2) is 0 Å². The summed E-state index contributed by atoms with van der Waals surface area (Å²) in [5.74, 6) is -0.304. The van der Waals surface area contributed by atoms with Crippen LogP contribution in [0.1, 0.15) is 27.9 Å². The van der Waals surface area contributed by atoms with Crippen LogP contribution in [-0.2, 0) is 17.9 Å². The van der Waals surface area contributed by atoms with Gasteiger partial charge in [0.05, 0.1) is 14.1 Å². The molecule has 5 nitrogen and oxygen atoms in total. The molecule has 6 heteroatoms. The molecular weight excluding hydrogens is 350 g/mol. The Morgan fingerprint density at radius 1 is 0.962 bits per heavy atom. The summed E-state index contributed by atoms with van der Waals surface area (Å²) in [6, 6.07) is 14.7. The average Bonchev–Trinajstić information content (AvgIpc) is 2.61. The minimum atomic E-state index is -0.214. The van der Waals surface area contributed by atoms with Gasteiger partial charge < -0.3 is 15.5 Å². The summed E-state index contributed by atoms with van der Waals surface area (Å²) in [6.45, 7) is 1.69. The molecule has 0 bridgehead atoms. The Bertz CT molecular complexity index is 745. The van der Waals surface area contributed by atoms with Crippen molar-refractivity contribution >= 4 is 23.4 Å². The molecule has 0 radical (unpaired) electrons. The standard InChI is InChI=1S/C20H24ClN3O2/c1-24(2)14-17-6-4-3-5-16(17)13-23-19(25)11-12-22-20(26)15-7-9-18(21)10-8-15/h3-10H,11-14H2,1-2H3,(H,22,26)(H,23,25)/p+1. The molecule has 0 atom stereocenters. The van der Waals surface area contributed by atoms with Crippen LogP contribution in [0.3, 0.4) is 0 Å². The highest BCUT2D eigenvalue weighted by Gasteiger charge is 2.09. The van der Waals surface area contributed by atoms with E-state index in [1.54, 1.807) is 24.3 Å². The molecule has 0 saturated heterocycles. The van der Waals surface area contributed by atoms with E-state index >= 15 is 0 Å². The van der Waals surface area contributed by atoms with E-state index in [2.05, 4.69) is 30.8 Å². The molecule has 138 valence electrons. The maximum atomic E-state index is 12.0. The molecule has 26 heavy (non-hydrogen) atoms. The number of nitrogens with one attached hydrogen (secondary N) is 3. The predicted octanol–water partition coefficient (Wildman–Crippen LogP) is 1.42. The fourth-order valence-corrected chi connectivity index (χ4v) is 2.68. The minimum absolute atomic E-state index is 0.0894. The lowest BCUT2D eigenvalue weighted by molar-refractivity contribution is -0.872. The number of hydrogen-bond donors (Lipinski definition) is 3. The van der Waals surface area contributed by atoms with Crippen LogP contribution in [0.4, 0.5) is 0 Å². The molecule has 3 N–H and O–H groups in total. The Morgan fingerprint density at radius 2 is 1.62 bits per heavy atom. The summed E-state index contributed by atoms with van der Waals surface area (Å²) in [5, 5.41) is 6.24. The quantitative estimate of drug-likeness (QED) is 0.654. The van der Waals surface area contributed by atoms with E-state index < -0.39 is 0 Å². The lowest BCUT2D eigenvalue weighted by Crippen LogP contribution is -3.04.